The fourth-order valence-corrected chi connectivity index (χ4v) is 2.54. The predicted molar refractivity (Wildman–Crippen MR) is 70.8 cm³/mol. The Bertz CT molecular complexity index is 629. The zero-order valence-electron chi connectivity index (χ0n) is 10.1. The highest BCUT2D eigenvalue weighted by Crippen LogP contribution is 2.24. The number of anilines is 1. The van der Waals surface area contributed by atoms with Gasteiger partial charge in [0.05, 0.1) is 5.52 Å². The third-order valence-electron chi connectivity index (χ3n) is 3.55. The summed E-state index contributed by atoms with van der Waals surface area (Å²) < 4.78 is 13.7. The Labute approximate surface area is 104 Å². The lowest BCUT2D eigenvalue weighted by molar-refractivity contribution is 0.371. The first-order chi connectivity index (χ1) is 8.75. The summed E-state index contributed by atoms with van der Waals surface area (Å²) in [4.78, 5) is 13.8. The number of fused-ring (bicyclic) bond motifs is 1. The first kappa shape index (κ1) is 11.3. The SMILES string of the molecule is O=c1ccc2ccc(N3CCCCC3)cc2n1F. The van der Waals surface area contributed by atoms with Crippen LogP contribution in [0.4, 0.5) is 10.2 Å². The van der Waals surface area contributed by atoms with Gasteiger partial charge in [0.25, 0.3) is 5.56 Å². The summed E-state index contributed by atoms with van der Waals surface area (Å²) in [6.07, 6.45) is 3.61. The molecule has 1 saturated heterocycles. The second kappa shape index (κ2) is 4.44. The van der Waals surface area contributed by atoms with Gasteiger partial charge in [-0.05, 0) is 37.5 Å². The van der Waals surface area contributed by atoms with Crippen molar-refractivity contribution in [1.29, 1.82) is 0 Å². The van der Waals surface area contributed by atoms with Crippen molar-refractivity contribution in [3.8, 4) is 0 Å². The van der Waals surface area contributed by atoms with Gasteiger partial charge in [-0.1, -0.05) is 10.5 Å². The number of rotatable bonds is 1. The minimum absolute atomic E-state index is 0.225. The first-order valence-corrected chi connectivity index (χ1v) is 6.33. The summed E-state index contributed by atoms with van der Waals surface area (Å²) in [7, 11) is 0. The van der Waals surface area contributed by atoms with Gasteiger partial charge >= 0.3 is 0 Å². The molecule has 1 aliphatic heterocycles. The summed E-state index contributed by atoms with van der Waals surface area (Å²) in [5.41, 5.74) is 0.739. The van der Waals surface area contributed by atoms with Crippen LogP contribution >= 0.6 is 0 Å². The van der Waals surface area contributed by atoms with Crippen molar-refractivity contribution in [2.75, 3.05) is 18.0 Å². The zero-order valence-corrected chi connectivity index (χ0v) is 10.1. The zero-order chi connectivity index (χ0) is 12.5. The van der Waals surface area contributed by atoms with Gasteiger partial charge in [0, 0.05) is 30.2 Å². The van der Waals surface area contributed by atoms with Crippen LogP contribution in [0, 0.1) is 0 Å². The van der Waals surface area contributed by atoms with E-state index in [4.69, 9.17) is 0 Å². The summed E-state index contributed by atoms with van der Waals surface area (Å²) in [6.45, 7) is 2.02. The lowest BCUT2D eigenvalue weighted by Gasteiger charge is -2.29. The van der Waals surface area contributed by atoms with Gasteiger partial charge in [-0.3, -0.25) is 4.79 Å². The average Bonchev–Trinajstić information content (AvgIpc) is 2.44. The molecule has 3 nitrogen and oxygen atoms in total. The minimum atomic E-state index is -0.613. The molecule has 0 amide bonds. The van der Waals surface area contributed by atoms with Crippen molar-refractivity contribution >= 4 is 16.6 Å². The summed E-state index contributed by atoms with van der Waals surface area (Å²) >= 11 is 0. The van der Waals surface area contributed by atoms with Gasteiger partial charge in [-0.2, -0.15) is 0 Å². The molecule has 1 aliphatic rings. The average molecular weight is 246 g/mol. The Morgan fingerprint density at radius 1 is 1.00 bits per heavy atom. The second-order valence-corrected chi connectivity index (χ2v) is 4.74. The van der Waals surface area contributed by atoms with Gasteiger partial charge in [-0.25, -0.2) is 0 Å². The van der Waals surface area contributed by atoms with Crippen molar-refractivity contribution in [2.24, 2.45) is 0 Å². The number of pyridine rings is 1. The quantitative estimate of drug-likeness (QED) is 0.773. The van der Waals surface area contributed by atoms with E-state index in [-0.39, 0.29) is 4.79 Å². The van der Waals surface area contributed by atoms with Crippen LogP contribution in [-0.4, -0.2) is 17.9 Å². The van der Waals surface area contributed by atoms with Gasteiger partial charge in [0.1, 0.15) is 0 Å². The maximum Gasteiger partial charge on any atom is 0.279 e. The standard InChI is InChI=1S/C14H15FN2O/c15-17-13-10-12(16-8-2-1-3-9-16)6-4-11(13)5-7-14(17)18/h4-7,10H,1-3,8-9H2. The molecule has 1 fully saturated rings. The lowest BCUT2D eigenvalue weighted by atomic mass is 10.1. The number of nitrogens with zero attached hydrogens (tertiary/aromatic N) is 2. The third-order valence-corrected chi connectivity index (χ3v) is 3.55. The number of piperidine rings is 1. The molecule has 1 aromatic carbocycles. The van der Waals surface area contributed by atoms with E-state index in [9.17, 15) is 9.28 Å². The highest BCUT2D eigenvalue weighted by molar-refractivity contribution is 5.82. The van der Waals surface area contributed by atoms with E-state index in [0.29, 0.717) is 5.52 Å². The molecule has 2 heterocycles. The van der Waals surface area contributed by atoms with E-state index in [1.807, 2.05) is 12.1 Å². The Hall–Kier alpha value is -1.84. The molecule has 0 bridgehead atoms. The maximum absolute atomic E-state index is 13.7. The summed E-state index contributed by atoms with van der Waals surface area (Å²) in [6, 6.07) is 8.55. The Morgan fingerprint density at radius 3 is 2.50 bits per heavy atom. The van der Waals surface area contributed by atoms with Crippen LogP contribution in [0.1, 0.15) is 19.3 Å². The number of hydrogen-bond acceptors (Lipinski definition) is 2. The number of benzene rings is 1. The minimum Gasteiger partial charge on any atom is -0.371 e. The fourth-order valence-electron chi connectivity index (χ4n) is 2.54. The highest BCUT2D eigenvalue weighted by Gasteiger charge is 2.12. The molecule has 1 aromatic heterocycles. The number of aromatic nitrogens is 1. The van der Waals surface area contributed by atoms with Crippen molar-refractivity contribution in [3.63, 3.8) is 0 Å². The van der Waals surface area contributed by atoms with Crippen LogP contribution < -0.4 is 10.5 Å². The predicted octanol–water partition coefficient (Wildman–Crippen LogP) is 2.72. The van der Waals surface area contributed by atoms with Crippen LogP contribution in [0.2, 0.25) is 0 Å². The van der Waals surface area contributed by atoms with Crippen molar-refractivity contribution in [1.82, 2.24) is 4.79 Å². The Kier molecular flexibility index (Phi) is 2.78. The van der Waals surface area contributed by atoms with Crippen molar-refractivity contribution < 1.29 is 4.48 Å². The molecule has 0 saturated carbocycles. The first-order valence-electron chi connectivity index (χ1n) is 6.33. The molecule has 0 aliphatic carbocycles. The van der Waals surface area contributed by atoms with Crippen LogP contribution in [0.3, 0.4) is 0 Å². The van der Waals surface area contributed by atoms with E-state index in [1.165, 1.54) is 25.3 Å². The monoisotopic (exact) mass is 246 g/mol. The van der Waals surface area contributed by atoms with Gasteiger partial charge < -0.3 is 4.90 Å². The van der Waals surface area contributed by atoms with Crippen LogP contribution in [0.5, 0.6) is 0 Å². The van der Waals surface area contributed by atoms with E-state index in [0.717, 1.165) is 24.2 Å². The molecule has 18 heavy (non-hydrogen) atoms. The van der Waals surface area contributed by atoms with Gasteiger partial charge in [-0.15, -0.1) is 4.79 Å². The number of halogens is 1. The molecule has 0 unspecified atom stereocenters. The molecule has 4 heteroatoms. The van der Waals surface area contributed by atoms with Gasteiger partial charge in [0.2, 0.25) is 0 Å². The van der Waals surface area contributed by atoms with Crippen molar-refractivity contribution in [3.05, 3.63) is 40.7 Å². The molecule has 94 valence electrons. The molecular weight excluding hydrogens is 231 g/mol. The fraction of sp³-hybridized carbons (Fsp3) is 0.357. The van der Waals surface area contributed by atoms with E-state index >= 15 is 0 Å². The maximum atomic E-state index is 13.7. The highest BCUT2D eigenvalue weighted by atomic mass is 19.2. The normalized spacial score (nSPS) is 16.2. The molecular formula is C14H15FN2O. The summed E-state index contributed by atoms with van der Waals surface area (Å²) in [5.74, 6) is 0. The molecule has 0 atom stereocenters. The molecule has 3 rings (SSSR count). The smallest absolute Gasteiger partial charge is 0.279 e. The molecule has 2 aromatic rings. The Balaban J connectivity index is 2.09. The molecule has 0 N–H and O–H groups in total. The van der Waals surface area contributed by atoms with Crippen LogP contribution in [-0.2, 0) is 0 Å². The topological polar surface area (TPSA) is 25.2 Å². The number of hydrogen-bond donors (Lipinski definition) is 0. The second-order valence-electron chi connectivity index (χ2n) is 4.74. The largest absolute Gasteiger partial charge is 0.371 e. The van der Waals surface area contributed by atoms with E-state index in [1.54, 1.807) is 12.1 Å². The van der Waals surface area contributed by atoms with Gasteiger partial charge in [0.15, 0.2) is 0 Å². The van der Waals surface area contributed by atoms with Crippen LogP contribution in [0.25, 0.3) is 10.9 Å². The van der Waals surface area contributed by atoms with Crippen LogP contribution in [0.15, 0.2) is 35.1 Å². The lowest BCUT2D eigenvalue weighted by Crippen LogP contribution is -2.29. The molecule has 0 radical (unpaired) electrons. The third kappa shape index (κ3) is 1.88. The van der Waals surface area contributed by atoms with E-state index in [2.05, 4.69) is 4.90 Å². The van der Waals surface area contributed by atoms with Crippen molar-refractivity contribution in [2.45, 2.75) is 19.3 Å². The molecule has 0 spiro atoms. The van der Waals surface area contributed by atoms with E-state index < -0.39 is 5.56 Å². The Morgan fingerprint density at radius 2 is 1.72 bits per heavy atom. The summed E-state index contributed by atoms with van der Waals surface area (Å²) in [5, 5.41) is 0.748.